The van der Waals surface area contributed by atoms with Gasteiger partial charge in [-0.3, -0.25) is 0 Å². The van der Waals surface area contributed by atoms with Gasteiger partial charge in [0.15, 0.2) is 12.0 Å². The molecule has 1 aromatic rings. The summed E-state index contributed by atoms with van der Waals surface area (Å²) in [5.74, 6) is -1.24. The van der Waals surface area contributed by atoms with Gasteiger partial charge in [-0.15, -0.1) is 24.8 Å². The first-order chi connectivity index (χ1) is 7.09. The van der Waals surface area contributed by atoms with Gasteiger partial charge in [-0.25, -0.2) is 9.79 Å². The Hall–Kier alpha value is -1.46. The minimum Gasteiger partial charge on any atom is -0.480 e. The second-order valence-electron chi connectivity index (χ2n) is 3.10. The van der Waals surface area contributed by atoms with E-state index in [0.29, 0.717) is 0 Å². The fourth-order valence-electron chi connectivity index (χ4n) is 1.21. The minimum absolute atomic E-state index is 0. The van der Waals surface area contributed by atoms with Crippen LogP contribution in [0.25, 0.3) is 0 Å². The second kappa shape index (κ2) is 8.66. The summed E-state index contributed by atoms with van der Waals surface area (Å²) < 4.78 is 0. The van der Waals surface area contributed by atoms with Crippen LogP contribution in [0.5, 0.6) is 0 Å². The molecule has 1 aromatic carbocycles. The van der Waals surface area contributed by atoms with Crippen LogP contribution in [0.4, 0.5) is 0 Å². The number of halogens is 2. The summed E-state index contributed by atoms with van der Waals surface area (Å²) in [4.78, 5) is 14.5. The first kappa shape index (κ1) is 17.9. The van der Waals surface area contributed by atoms with Crippen molar-refractivity contribution in [3.05, 3.63) is 35.9 Å². The molecule has 17 heavy (non-hydrogen) atoms. The molecule has 0 saturated heterocycles. The molecule has 0 aliphatic heterocycles. The lowest BCUT2D eigenvalue weighted by molar-refractivity contribution is -0.138. The van der Waals surface area contributed by atoms with Crippen molar-refractivity contribution in [3.63, 3.8) is 0 Å². The number of guanidine groups is 1. The van der Waals surface area contributed by atoms with Gasteiger partial charge in [0.2, 0.25) is 0 Å². The third-order valence-electron chi connectivity index (χ3n) is 1.86. The SMILES string of the molecule is Cl.Cl.NC(N)=N[C@@H](Cc1ccccc1)C(=O)O. The molecule has 0 fully saturated rings. The standard InChI is InChI=1S/C10H13N3O2.2ClH/c11-10(12)13-8(9(14)15)6-7-4-2-1-3-5-7;;/h1-5,8H,6H2,(H,14,15)(H4,11,12,13);2*1H/t8-;;/m0../s1. The highest BCUT2D eigenvalue weighted by atomic mass is 35.5. The molecule has 0 radical (unpaired) electrons. The van der Waals surface area contributed by atoms with Crippen molar-refractivity contribution in [2.24, 2.45) is 16.5 Å². The Kier molecular flexibility index (Phi) is 9.13. The van der Waals surface area contributed by atoms with Gasteiger partial charge in [-0.2, -0.15) is 0 Å². The summed E-state index contributed by atoms with van der Waals surface area (Å²) in [5, 5.41) is 8.87. The number of rotatable bonds is 4. The monoisotopic (exact) mass is 279 g/mol. The molecule has 5 N–H and O–H groups in total. The molecular formula is C10H15Cl2N3O2. The van der Waals surface area contributed by atoms with E-state index in [1.807, 2.05) is 30.3 Å². The maximum absolute atomic E-state index is 10.8. The van der Waals surface area contributed by atoms with Crippen LogP contribution < -0.4 is 11.5 Å². The average molecular weight is 280 g/mol. The number of aliphatic imine (C=N–C) groups is 1. The van der Waals surface area contributed by atoms with Crippen molar-refractivity contribution in [3.8, 4) is 0 Å². The molecule has 0 bridgehead atoms. The molecule has 1 atom stereocenters. The molecular weight excluding hydrogens is 265 g/mol. The van der Waals surface area contributed by atoms with E-state index in [1.165, 1.54) is 0 Å². The molecule has 0 aliphatic carbocycles. The predicted molar refractivity (Wildman–Crippen MR) is 71.9 cm³/mol. The van der Waals surface area contributed by atoms with E-state index in [4.69, 9.17) is 16.6 Å². The minimum atomic E-state index is -1.03. The third-order valence-corrected chi connectivity index (χ3v) is 1.86. The van der Waals surface area contributed by atoms with Crippen LogP contribution in [-0.2, 0) is 11.2 Å². The van der Waals surface area contributed by atoms with E-state index < -0.39 is 12.0 Å². The Balaban J connectivity index is 0. The molecule has 96 valence electrons. The summed E-state index contributed by atoms with van der Waals surface area (Å²) in [5.41, 5.74) is 11.2. The van der Waals surface area contributed by atoms with Crippen molar-refractivity contribution in [1.29, 1.82) is 0 Å². The smallest absolute Gasteiger partial charge is 0.328 e. The zero-order valence-electron chi connectivity index (χ0n) is 8.95. The van der Waals surface area contributed by atoms with E-state index in [2.05, 4.69) is 4.99 Å². The highest BCUT2D eigenvalue weighted by molar-refractivity contribution is 5.85. The summed E-state index contributed by atoms with van der Waals surface area (Å²) in [6, 6.07) is 8.28. The Morgan fingerprint density at radius 3 is 2.18 bits per heavy atom. The Morgan fingerprint density at radius 2 is 1.76 bits per heavy atom. The number of carbonyl (C=O) groups is 1. The van der Waals surface area contributed by atoms with Crippen molar-refractivity contribution < 1.29 is 9.90 Å². The van der Waals surface area contributed by atoms with Gasteiger partial charge >= 0.3 is 5.97 Å². The lowest BCUT2D eigenvalue weighted by Gasteiger charge is -2.07. The number of benzene rings is 1. The van der Waals surface area contributed by atoms with E-state index in [0.717, 1.165) is 5.56 Å². The topological polar surface area (TPSA) is 102 Å². The average Bonchev–Trinajstić information content (AvgIpc) is 2.17. The van der Waals surface area contributed by atoms with Gasteiger partial charge < -0.3 is 16.6 Å². The number of nitrogens with two attached hydrogens (primary N) is 2. The molecule has 0 unspecified atom stereocenters. The molecule has 0 amide bonds. The van der Waals surface area contributed by atoms with E-state index in [1.54, 1.807) is 0 Å². The van der Waals surface area contributed by atoms with Gasteiger partial charge in [0.25, 0.3) is 0 Å². The number of hydrogen-bond donors (Lipinski definition) is 3. The number of carboxylic acids is 1. The number of carboxylic acid groups (broad SMARTS) is 1. The lowest BCUT2D eigenvalue weighted by atomic mass is 10.1. The van der Waals surface area contributed by atoms with Gasteiger partial charge in [-0.05, 0) is 5.56 Å². The summed E-state index contributed by atoms with van der Waals surface area (Å²) in [7, 11) is 0. The van der Waals surface area contributed by atoms with Crippen molar-refractivity contribution >= 4 is 36.7 Å². The molecule has 7 heteroatoms. The largest absolute Gasteiger partial charge is 0.480 e. The van der Waals surface area contributed by atoms with Gasteiger partial charge in [0, 0.05) is 6.42 Å². The van der Waals surface area contributed by atoms with E-state index in [-0.39, 0.29) is 37.2 Å². The third kappa shape index (κ3) is 6.65. The molecule has 0 heterocycles. The number of aliphatic carboxylic acids is 1. The zero-order valence-corrected chi connectivity index (χ0v) is 10.6. The Bertz CT molecular complexity index is 367. The molecule has 0 spiro atoms. The maximum Gasteiger partial charge on any atom is 0.328 e. The summed E-state index contributed by atoms with van der Waals surface area (Å²) >= 11 is 0. The summed E-state index contributed by atoms with van der Waals surface area (Å²) in [6.45, 7) is 0. The zero-order chi connectivity index (χ0) is 11.3. The normalized spacial score (nSPS) is 10.4. The lowest BCUT2D eigenvalue weighted by Crippen LogP contribution is -2.30. The van der Waals surface area contributed by atoms with Crippen LogP contribution in [0.1, 0.15) is 5.56 Å². The van der Waals surface area contributed by atoms with Gasteiger partial charge in [-0.1, -0.05) is 30.3 Å². The molecule has 0 saturated carbocycles. The molecule has 0 aliphatic rings. The van der Waals surface area contributed by atoms with Crippen LogP contribution in [0.3, 0.4) is 0 Å². The summed E-state index contributed by atoms with van der Waals surface area (Å²) in [6.07, 6.45) is 0.286. The fraction of sp³-hybridized carbons (Fsp3) is 0.200. The maximum atomic E-state index is 10.8. The van der Waals surface area contributed by atoms with E-state index in [9.17, 15) is 4.79 Å². The first-order valence-electron chi connectivity index (χ1n) is 4.45. The van der Waals surface area contributed by atoms with Gasteiger partial charge in [0.1, 0.15) is 0 Å². The molecule has 0 aromatic heterocycles. The Morgan fingerprint density at radius 1 is 1.24 bits per heavy atom. The number of nitrogens with zero attached hydrogens (tertiary/aromatic N) is 1. The van der Waals surface area contributed by atoms with E-state index >= 15 is 0 Å². The molecule has 1 rings (SSSR count). The quantitative estimate of drug-likeness (QED) is 0.560. The van der Waals surface area contributed by atoms with Crippen LogP contribution in [-0.4, -0.2) is 23.1 Å². The highest BCUT2D eigenvalue weighted by Crippen LogP contribution is 2.05. The van der Waals surface area contributed by atoms with Crippen LogP contribution in [0.2, 0.25) is 0 Å². The van der Waals surface area contributed by atoms with Crippen molar-refractivity contribution in [1.82, 2.24) is 0 Å². The first-order valence-corrected chi connectivity index (χ1v) is 4.45. The Labute approximate surface area is 112 Å². The highest BCUT2D eigenvalue weighted by Gasteiger charge is 2.16. The van der Waals surface area contributed by atoms with Crippen molar-refractivity contribution in [2.45, 2.75) is 12.5 Å². The second-order valence-corrected chi connectivity index (χ2v) is 3.10. The number of hydrogen-bond acceptors (Lipinski definition) is 2. The molecule has 5 nitrogen and oxygen atoms in total. The van der Waals surface area contributed by atoms with Crippen LogP contribution >= 0.6 is 24.8 Å². The van der Waals surface area contributed by atoms with Gasteiger partial charge in [0.05, 0.1) is 0 Å². The van der Waals surface area contributed by atoms with Crippen LogP contribution in [0.15, 0.2) is 35.3 Å². The fourth-order valence-corrected chi connectivity index (χ4v) is 1.21. The van der Waals surface area contributed by atoms with Crippen LogP contribution in [0, 0.1) is 0 Å². The van der Waals surface area contributed by atoms with Crippen molar-refractivity contribution in [2.75, 3.05) is 0 Å². The predicted octanol–water partition coefficient (Wildman–Crippen LogP) is 0.799.